The molecule has 0 heterocycles. The molecule has 2 rings (SSSR count). The van der Waals surface area contributed by atoms with Crippen LogP contribution in [-0.2, 0) is 6.42 Å². The third-order valence-corrected chi connectivity index (χ3v) is 3.90. The smallest absolute Gasteiger partial charge is 0.122 e. The lowest BCUT2D eigenvalue weighted by Crippen LogP contribution is -2.24. The van der Waals surface area contributed by atoms with Gasteiger partial charge in [-0.25, -0.2) is 0 Å². The fraction of sp³-hybridized carbons (Fsp3) is 0.500. The normalized spacial score (nSPS) is 17.8. The van der Waals surface area contributed by atoms with Crippen molar-refractivity contribution in [2.24, 2.45) is 5.73 Å². The van der Waals surface area contributed by atoms with Gasteiger partial charge in [0.25, 0.3) is 0 Å². The molecule has 15 heavy (non-hydrogen) atoms. The maximum Gasteiger partial charge on any atom is 0.122 e. The minimum absolute atomic E-state index is 0.0459. The van der Waals surface area contributed by atoms with E-state index in [9.17, 15) is 5.11 Å². The highest BCUT2D eigenvalue weighted by atomic mass is 32.2. The highest BCUT2D eigenvalue weighted by Gasteiger charge is 2.39. The Morgan fingerprint density at radius 2 is 2.13 bits per heavy atom. The standard InChI is InChI=1S/C12H17NOS/c1-8-3-4-10(15-2)9(11(8)14)7-12(13)5-6-12/h3-4,14H,5-7,13H2,1-2H3. The maximum absolute atomic E-state index is 10.0. The summed E-state index contributed by atoms with van der Waals surface area (Å²) in [6.45, 7) is 1.93. The molecule has 1 aliphatic carbocycles. The second-order valence-corrected chi connectivity index (χ2v) is 5.30. The molecule has 2 nitrogen and oxygen atoms in total. The zero-order valence-electron chi connectivity index (χ0n) is 9.21. The number of phenols is 1. The SMILES string of the molecule is CSc1ccc(C)c(O)c1CC1(N)CC1. The summed E-state index contributed by atoms with van der Waals surface area (Å²) in [5.74, 6) is 0.429. The number of aromatic hydroxyl groups is 1. The molecule has 0 amide bonds. The van der Waals surface area contributed by atoms with Crippen molar-refractivity contribution in [3.63, 3.8) is 0 Å². The van der Waals surface area contributed by atoms with Crippen molar-refractivity contribution in [1.82, 2.24) is 0 Å². The van der Waals surface area contributed by atoms with Gasteiger partial charge in [0.05, 0.1) is 0 Å². The summed E-state index contributed by atoms with van der Waals surface area (Å²) in [6.07, 6.45) is 4.99. The minimum atomic E-state index is -0.0459. The van der Waals surface area contributed by atoms with Crippen molar-refractivity contribution in [3.05, 3.63) is 23.3 Å². The molecular weight excluding hydrogens is 206 g/mol. The number of rotatable bonds is 3. The molecular formula is C12H17NOS. The Balaban J connectivity index is 2.37. The molecule has 0 saturated heterocycles. The van der Waals surface area contributed by atoms with Gasteiger partial charge in [-0.1, -0.05) is 6.07 Å². The van der Waals surface area contributed by atoms with Crippen LogP contribution in [0.1, 0.15) is 24.0 Å². The van der Waals surface area contributed by atoms with E-state index in [-0.39, 0.29) is 5.54 Å². The average molecular weight is 223 g/mol. The van der Waals surface area contributed by atoms with Crippen LogP contribution in [0.4, 0.5) is 0 Å². The predicted molar refractivity (Wildman–Crippen MR) is 64.5 cm³/mol. The molecule has 0 aliphatic heterocycles. The van der Waals surface area contributed by atoms with Crippen LogP contribution < -0.4 is 5.73 Å². The van der Waals surface area contributed by atoms with Crippen LogP contribution in [0.3, 0.4) is 0 Å². The molecule has 3 heteroatoms. The molecule has 0 unspecified atom stereocenters. The van der Waals surface area contributed by atoms with Crippen molar-refractivity contribution in [2.45, 2.75) is 36.6 Å². The molecule has 1 fully saturated rings. The summed E-state index contributed by atoms with van der Waals surface area (Å²) in [5, 5.41) is 10.0. The molecule has 1 aromatic carbocycles. The van der Waals surface area contributed by atoms with Gasteiger partial charge in [-0.3, -0.25) is 0 Å². The predicted octanol–water partition coefficient (Wildman–Crippen LogP) is 2.46. The molecule has 1 saturated carbocycles. The third-order valence-electron chi connectivity index (χ3n) is 3.08. The van der Waals surface area contributed by atoms with E-state index in [1.165, 1.54) is 0 Å². The Bertz CT molecular complexity index is 385. The summed E-state index contributed by atoms with van der Waals surface area (Å²) in [4.78, 5) is 1.15. The molecule has 1 aromatic rings. The van der Waals surface area contributed by atoms with E-state index in [0.717, 1.165) is 35.3 Å². The number of benzene rings is 1. The van der Waals surface area contributed by atoms with E-state index >= 15 is 0 Å². The van der Waals surface area contributed by atoms with E-state index in [1.807, 2.05) is 19.2 Å². The Labute approximate surface area is 94.9 Å². The number of aryl methyl sites for hydroxylation is 1. The maximum atomic E-state index is 10.0. The lowest BCUT2D eigenvalue weighted by Gasteiger charge is -2.15. The summed E-state index contributed by atoms with van der Waals surface area (Å²) in [6, 6.07) is 4.03. The Morgan fingerprint density at radius 3 is 2.67 bits per heavy atom. The van der Waals surface area contributed by atoms with Crippen LogP contribution >= 0.6 is 11.8 Å². The number of thioether (sulfide) groups is 1. The first kappa shape index (κ1) is 10.8. The van der Waals surface area contributed by atoms with Gasteiger partial charge in [0.1, 0.15) is 5.75 Å². The van der Waals surface area contributed by atoms with Crippen molar-refractivity contribution in [1.29, 1.82) is 0 Å². The first-order valence-corrected chi connectivity index (χ1v) is 6.42. The first-order chi connectivity index (χ1) is 7.06. The number of hydrogen-bond donors (Lipinski definition) is 2. The quantitative estimate of drug-likeness (QED) is 0.774. The van der Waals surface area contributed by atoms with Gasteiger partial charge >= 0.3 is 0 Å². The van der Waals surface area contributed by atoms with Crippen LogP contribution in [0.5, 0.6) is 5.75 Å². The first-order valence-electron chi connectivity index (χ1n) is 5.20. The summed E-state index contributed by atoms with van der Waals surface area (Å²) in [7, 11) is 0. The van der Waals surface area contributed by atoms with Gasteiger partial charge in [-0.2, -0.15) is 0 Å². The average Bonchev–Trinajstić information content (AvgIpc) is 2.92. The fourth-order valence-corrected chi connectivity index (χ4v) is 2.41. The summed E-state index contributed by atoms with van der Waals surface area (Å²) >= 11 is 1.67. The molecule has 1 aliphatic rings. The minimum Gasteiger partial charge on any atom is -0.507 e. The van der Waals surface area contributed by atoms with E-state index in [4.69, 9.17) is 5.73 Å². The highest BCUT2D eigenvalue weighted by molar-refractivity contribution is 7.98. The second-order valence-electron chi connectivity index (χ2n) is 4.45. The number of phenolic OH excluding ortho intramolecular Hbond substituents is 1. The van der Waals surface area contributed by atoms with Gasteiger partial charge in [0.2, 0.25) is 0 Å². The van der Waals surface area contributed by atoms with E-state index in [0.29, 0.717) is 5.75 Å². The lowest BCUT2D eigenvalue weighted by atomic mass is 10.0. The van der Waals surface area contributed by atoms with E-state index < -0.39 is 0 Å². The van der Waals surface area contributed by atoms with Crippen LogP contribution in [0.15, 0.2) is 17.0 Å². The second kappa shape index (κ2) is 3.72. The molecule has 0 radical (unpaired) electrons. The van der Waals surface area contributed by atoms with Crippen LogP contribution in [0.2, 0.25) is 0 Å². The zero-order valence-corrected chi connectivity index (χ0v) is 10.0. The van der Waals surface area contributed by atoms with E-state index in [1.54, 1.807) is 11.8 Å². The monoisotopic (exact) mass is 223 g/mol. The van der Waals surface area contributed by atoms with Gasteiger partial charge < -0.3 is 10.8 Å². The number of hydrogen-bond acceptors (Lipinski definition) is 3. The lowest BCUT2D eigenvalue weighted by molar-refractivity contribution is 0.456. The van der Waals surface area contributed by atoms with Crippen LogP contribution in [0, 0.1) is 6.92 Å². The molecule has 0 bridgehead atoms. The van der Waals surface area contributed by atoms with Crippen LogP contribution in [-0.4, -0.2) is 16.9 Å². The van der Waals surface area contributed by atoms with E-state index in [2.05, 4.69) is 6.07 Å². The van der Waals surface area contributed by atoms with Crippen molar-refractivity contribution < 1.29 is 5.11 Å². The van der Waals surface area contributed by atoms with Crippen LogP contribution in [0.25, 0.3) is 0 Å². The third kappa shape index (κ3) is 2.13. The number of nitrogens with two attached hydrogens (primary N) is 1. The highest BCUT2D eigenvalue weighted by Crippen LogP contribution is 2.41. The Morgan fingerprint density at radius 1 is 1.47 bits per heavy atom. The largest absolute Gasteiger partial charge is 0.507 e. The molecule has 0 spiro atoms. The van der Waals surface area contributed by atoms with Crippen molar-refractivity contribution >= 4 is 11.8 Å². The Hall–Kier alpha value is -0.670. The molecule has 3 N–H and O–H groups in total. The molecule has 0 aromatic heterocycles. The topological polar surface area (TPSA) is 46.2 Å². The summed E-state index contributed by atoms with van der Waals surface area (Å²) < 4.78 is 0. The van der Waals surface area contributed by atoms with Gasteiger partial charge in [-0.05, 0) is 44.1 Å². The summed E-state index contributed by atoms with van der Waals surface area (Å²) in [5.41, 5.74) is 8.02. The van der Waals surface area contributed by atoms with Crippen molar-refractivity contribution in [2.75, 3.05) is 6.26 Å². The fourth-order valence-electron chi connectivity index (χ4n) is 1.79. The zero-order chi connectivity index (χ0) is 11.1. The van der Waals surface area contributed by atoms with Gasteiger partial charge in [-0.15, -0.1) is 11.8 Å². The van der Waals surface area contributed by atoms with Gasteiger partial charge in [0, 0.05) is 16.0 Å². The van der Waals surface area contributed by atoms with Crippen molar-refractivity contribution in [3.8, 4) is 5.75 Å². The molecule has 0 atom stereocenters. The van der Waals surface area contributed by atoms with Gasteiger partial charge in [0.15, 0.2) is 0 Å². The molecule has 82 valence electrons. The Kier molecular flexibility index (Phi) is 2.69.